The van der Waals surface area contributed by atoms with E-state index in [1.165, 1.54) is 11.1 Å². The Labute approximate surface area is 122 Å². The van der Waals surface area contributed by atoms with Crippen molar-refractivity contribution in [1.82, 2.24) is 5.32 Å². The van der Waals surface area contributed by atoms with Crippen LogP contribution in [0, 0.1) is 0 Å². The van der Waals surface area contributed by atoms with E-state index in [1.807, 2.05) is 19.1 Å². The number of hydrogen-bond acceptors (Lipinski definition) is 2. The van der Waals surface area contributed by atoms with Crippen LogP contribution >= 0.6 is 0 Å². The lowest BCUT2D eigenvalue weighted by molar-refractivity contribution is -0.118. The van der Waals surface area contributed by atoms with Crippen molar-refractivity contribution in [1.29, 1.82) is 0 Å². The van der Waals surface area contributed by atoms with Crippen LogP contribution in [0.25, 0.3) is 0 Å². The average molecular weight is 277 g/mol. The van der Waals surface area contributed by atoms with Crippen molar-refractivity contribution in [2.45, 2.75) is 53.0 Å². The predicted octanol–water partition coefficient (Wildman–Crippen LogP) is 3.53. The smallest absolute Gasteiger partial charge is 0.247 e. The number of amides is 1. The molecule has 1 aliphatic rings. The summed E-state index contributed by atoms with van der Waals surface area (Å²) < 4.78 is 5.29. The number of carbonyl (C=O) groups is 1. The Hall–Kier alpha value is -1.35. The van der Waals surface area contributed by atoms with E-state index in [9.17, 15) is 4.79 Å². The summed E-state index contributed by atoms with van der Waals surface area (Å²) in [7, 11) is 0. The van der Waals surface area contributed by atoms with Gasteiger partial charge in [0, 0.05) is 24.8 Å². The van der Waals surface area contributed by atoms with Gasteiger partial charge in [-0.2, -0.15) is 0 Å². The van der Waals surface area contributed by atoms with Gasteiger partial charge >= 0.3 is 0 Å². The third-order valence-corrected chi connectivity index (χ3v) is 3.34. The first-order valence-corrected chi connectivity index (χ1v) is 7.44. The van der Waals surface area contributed by atoms with E-state index in [-0.39, 0.29) is 11.9 Å². The van der Waals surface area contributed by atoms with Crippen molar-refractivity contribution in [3.05, 3.63) is 34.9 Å². The maximum Gasteiger partial charge on any atom is 0.247 e. The minimum absolute atomic E-state index is 0.0285. The largest absolute Gasteiger partial charge is 0.381 e. The third kappa shape index (κ3) is 6.20. The number of carbonyl (C=O) groups excluding carboxylic acids is 1. The van der Waals surface area contributed by atoms with Crippen LogP contribution in [-0.2, 0) is 9.53 Å². The SMILES string of the molecule is CC/C(C=C(C)C)=C/C=C(\C)C(=O)NC1CCOCC1. The summed E-state index contributed by atoms with van der Waals surface area (Å²) in [5.41, 5.74) is 3.27. The molecule has 0 unspecified atom stereocenters. The van der Waals surface area contributed by atoms with Gasteiger partial charge in [0.15, 0.2) is 0 Å². The molecule has 0 spiro atoms. The van der Waals surface area contributed by atoms with Crippen LogP contribution in [0.15, 0.2) is 34.9 Å². The summed E-state index contributed by atoms with van der Waals surface area (Å²) in [6.07, 6.45) is 8.88. The molecular formula is C17H27NO2. The first-order chi connectivity index (χ1) is 9.52. The zero-order chi connectivity index (χ0) is 15.0. The van der Waals surface area contributed by atoms with Crippen molar-refractivity contribution in [2.24, 2.45) is 0 Å². The highest BCUT2D eigenvalue weighted by atomic mass is 16.5. The topological polar surface area (TPSA) is 38.3 Å². The van der Waals surface area contributed by atoms with Gasteiger partial charge in [0.05, 0.1) is 0 Å². The van der Waals surface area contributed by atoms with Gasteiger partial charge < -0.3 is 10.1 Å². The Bertz CT molecular complexity index is 409. The molecule has 1 saturated heterocycles. The van der Waals surface area contributed by atoms with Gasteiger partial charge in [-0.1, -0.05) is 30.7 Å². The number of nitrogens with one attached hydrogen (secondary N) is 1. The summed E-state index contributed by atoms with van der Waals surface area (Å²) in [5.74, 6) is 0.0285. The summed E-state index contributed by atoms with van der Waals surface area (Å²) >= 11 is 0. The van der Waals surface area contributed by atoms with Crippen LogP contribution < -0.4 is 5.32 Å². The lowest BCUT2D eigenvalue weighted by Gasteiger charge is -2.23. The molecule has 0 aromatic heterocycles. The van der Waals surface area contributed by atoms with Gasteiger partial charge in [-0.3, -0.25) is 4.79 Å². The van der Waals surface area contributed by atoms with Gasteiger partial charge in [-0.25, -0.2) is 0 Å². The summed E-state index contributed by atoms with van der Waals surface area (Å²) in [4.78, 5) is 12.1. The van der Waals surface area contributed by atoms with Crippen molar-refractivity contribution >= 4 is 5.91 Å². The fourth-order valence-electron chi connectivity index (χ4n) is 2.09. The van der Waals surface area contributed by atoms with Crippen LogP contribution in [0.1, 0.15) is 47.0 Å². The highest BCUT2D eigenvalue weighted by Gasteiger charge is 2.16. The van der Waals surface area contributed by atoms with Crippen molar-refractivity contribution in [3.63, 3.8) is 0 Å². The molecule has 0 radical (unpaired) electrons. The fraction of sp³-hybridized carbons (Fsp3) is 0.588. The van der Waals surface area contributed by atoms with Crippen LogP contribution in [0.5, 0.6) is 0 Å². The van der Waals surface area contributed by atoms with Gasteiger partial charge in [0.1, 0.15) is 0 Å². The van der Waals surface area contributed by atoms with Crippen molar-refractivity contribution in [3.8, 4) is 0 Å². The zero-order valence-electron chi connectivity index (χ0n) is 13.2. The molecule has 20 heavy (non-hydrogen) atoms. The molecule has 0 aromatic carbocycles. The first-order valence-electron chi connectivity index (χ1n) is 7.44. The van der Waals surface area contributed by atoms with E-state index in [0.717, 1.165) is 38.0 Å². The molecule has 1 fully saturated rings. The molecule has 3 nitrogen and oxygen atoms in total. The van der Waals surface area contributed by atoms with Crippen LogP contribution in [0.2, 0.25) is 0 Å². The van der Waals surface area contributed by atoms with E-state index < -0.39 is 0 Å². The molecule has 0 saturated carbocycles. The van der Waals surface area contributed by atoms with E-state index in [1.54, 1.807) is 0 Å². The molecule has 1 aliphatic heterocycles. The Kier molecular flexibility index (Phi) is 7.31. The lowest BCUT2D eigenvalue weighted by atomic mass is 10.1. The monoisotopic (exact) mass is 277 g/mol. The molecule has 0 bridgehead atoms. The minimum Gasteiger partial charge on any atom is -0.381 e. The Balaban J connectivity index is 2.60. The summed E-state index contributed by atoms with van der Waals surface area (Å²) in [6, 6.07) is 0.256. The Morgan fingerprint density at radius 1 is 1.20 bits per heavy atom. The predicted molar refractivity (Wildman–Crippen MR) is 83.5 cm³/mol. The molecule has 0 atom stereocenters. The fourth-order valence-corrected chi connectivity index (χ4v) is 2.09. The Morgan fingerprint density at radius 2 is 1.85 bits per heavy atom. The maximum atomic E-state index is 12.1. The summed E-state index contributed by atoms with van der Waals surface area (Å²) in [6.45, 7) is 9.63. The molecule has 1 rings (SSSR count). The van der Waals surface area contributed by atoms with E-state index >= 15 is 0 Å². The van der Waals surface area contributed by atoms with Crippen LogP contribution in [0.3, 0.4) is 0 Å². The lowest BCUT2D eigenvalue weighted by Crippen LogP contribution is -2.39. The van der Waals surface area contributed by atoms with E-state index in [4.69, 9.17) is 4.74 Å². The molecular weight excluding hydrogens is 250 g/mol. The molecule has 3 heteroatoms. The van der Waals surface area contributed by atoms with Gasteiger partial charge in [-0.15, -0.1) is 0 Å². The molecule has 0 aliphatic carbocycles. The quantitative estimate of drug-likeness (QED) is 0.616. The number of allylic oxidation sites excluding steroid dienone is 5. The zero-order valence-corrected chi connectivity index (χ0v) is 13.2. The second-order valence-electron chi connectivity index (χ2n) is 5.53. The molecule has 0 aromatic rings. The molecule has 1 heterocycles. The van der Waals surface area contributed by atoms with Gasteiger partial charge in [0.2, 0.25) is 5.91 Å². The molecule has 112 valence electrons. The van der Waals surface area contributed by atoms with Crippen molar-refractivity contribution in [2.75, 3.05) is 13.2 Å². The second-order valence-corrected chi connectivity index (χ2v) is 5.53. The van der Waals surface area contributed by atoms with Gasteiger partial charge in [0.25, 0.3) is 0 Å². The van der Waals surface area contributed by atoms with Crippen LogP contribution in [0.4, 0.5) is 0 Å². The highest BCUT2D eigenvalue weighted by molar-refractivity contribution is 5.93. The Morgan fingerprint density at radius 3 is 2.40 bits per heavy atom. The molecule has 1 amide bonds. The highest BCUT2D eigenvalue weighted by Crippen LogP contribution is 2.09. The molecule has 1 N–H and O–H groups in total. The maximum absolute atomic E-state index is 12.1. The second kappa shape index (κ2) is 8.75. The van der Waals surface area contributed by atoms with E-state index in [0.29, 0.717) is 0 Å². The average Bonchev–Trinajstić information content (AvgIpc) is 2.43. The first kappa shape index (κ1) is 16.7. The van der Waals surface area contributed by atoms with E-state index in [2.05, 4.69) is 32.2 Å². The minimum atomic E-state index is 0.0285. The third-order valence-electron chi connectivity index (χ3n) is 3.34. The summed E-state index contributed by atoms with van der Waals surface area (Å²) in [5, 5.41) is 3.07. The number of ether oxygens (including phenoxy) is 1. The number of rotatable bonds is 5. The van der Waals surface area contributed by atoms with Gasteiger partial charge in [-0.05, 0) is 45.6 Å². The van der Waals surface area contributed by atoms with Crippen molar-refractivity contribution < 1.29 is 9.53 Å². The number of hydrogen-bond donors (Lipinski definition) is 1. The standard InChI is InChI=1S/C17H27NO2/c1-5-15(12-13(2)3)7-6-14(4)17(19)18-16-8-10-20-11-9-16/h6-7,12,16H,5,8-11H2,1-4H3,(H,18,19)/b14-6+,15-7-. The van der Waals surface area contributed by atoms with Crippen LogP contribution in [-0.4, -0.2) is 25.2 Å². The normalized spacial score (nSPS) is 17.8.